The van der Waals surface area contributed by atoms with Gasteiger partial charge in [-0.15, -0.1) is 0 Å². The van der Waals surface area contributed by atoms with Crippen molar-refractivity contribution in [2.45, 2.75) is 26.4 Å². The number of ether oxygens (including phenoxy) is 1. The van der Waals surface area contributed by atoms with Gasteiger partial charge in [0.2, 0.25) is 0 Å². The van der Waals surface area contributed by atoms with Crippen molar-refractivity contribution in [3.05, 3.63) is 64.7 Å². The van der Waals surface area contributed by atoms with E-state index in [2.05, 4.69) is 5.32 Å². The Morgan fingerprint density at radius 1 is 1.08 bits per heavy atom. The van der Waals surface area contributed by atoms with Crippen LogP contribution in [0, 0.1) is 13.8 Å². The summed E-state index contributed by atoms with van der Waals surface area (Å²) in [5.41, 5.74) is 2.04. The molecule has 25 heavy (non-hydrogen) atoms. The number of benzene rings is 2. The summed E-state index contributed by atoms with van der Waals surface area (Å²) in [5, 5.41) is 2.69. The third-order valence-corrected chi connectivity index (χ3v) is 3.72. The first-order chi connectivity index (χ1) is 11.8. The van der Waals surface area contributed by atoms with Crippen LogP contribution in [0.4, 0.5) is 13.2 Å². The van der Waals surface area contributed by atoms with Crippen molar-refractivity contribution in [2.24, 2.45) is 0 Å². The van der Waals surface area contributed by atoms with Crippen LogP contribution in [0.1, 0.15) is 22.3 Å². The molecule has 0 spiro atoms. The van der Waals surface area contributed by atoms with E-state index in [-0.39, 0.29) is 12.5 Å². The summed E-state index contributed by atoms with van der Waals surface area (Å²) in [5.74, 6) is 0.394. The number of carbonyl (C=O) groups is 1. The summed E-state index contributed by atoms with van der Waals surface area (Å²) in [6.07, 6.45) is -3.88. The minimum atomic E-state index is -4.34. The van der Waals surface area contributed by atoms with Crippen molar-refractivity contribution < 1.29 is 22.7 Å². The number of aryl methyl sites for hydroxylation is 2. The Labute approximate surface area is 144 Å². The normalized spacial score (nSPS) is 11.2. The van der Waals surface area contributed by atoms with Gasteiger partial charge >= 0.3 is 6.18 Å². The summed E-state index contributed by atoms with van der Waals surface area (Å²) in [4.78, 5) is 11.8. The largest absolute Gasteiger partial charge is 0.483 e. The van der Waals surface area contributed by atoms with Crippen molar-refractivity contribution in [2.75, 3.05) is 13.2 Å². The number of alkyl halides is 3. The molecule has 0 fully saturated rings. The van der Waals surface area contributed by atoms with Crippen LogP contribution < -0.4 is 10.1 Å². The maximum atomic E-state index is 12.5. The summed E-state index contributed by atoms with van der Waals surface area (Å²) in [7, 11) is 0. The lowest BCUT2D eigenvalue weighted by Crippen LogP contribution is -2.30. The topological polar surface area (TPSA) is 38.3 Å². The third kappa shape index (κ3) is 5.81. The highest BCUT2D eigenvalue weighted by molar-refractivity contribution is 5.77. The first-order valence-electron chi connectivity index (χ1n) is 7.88. The van der Waals surface area contributed by atoms with Gasteiger partial charge in [0.1, 0.15) is 5.75 Å². The average Bonchev–Trinajstić information content (AvgIpc) is 2.55. The van der Waals surface area contributed by atoms with Gasteiger partial charge in [0.15, 0.2) is 6.61 Å². The van der Waals surface area contributed by atoms with E-state index in [1.165, 1.54) is 12.1 Å². The van der Waals surface area contributed by atoms with Gasteiger partial charge in [0.05, 0.1) is 5.56 Å². The van der Waals surface area contributed by atoms with Gasteiger partial charge in [-0.3, -0.25) is 4.79 Å². The van der Waals surface area contributed by atoms with Crippen molar-refractivity contribution in [1.29, 1.82) is 0 Å². The molecule has 0 aliphatic heterocycles. The number of halogens is 3. The fourth-order valence-electron chi connectivity index (χ4n) is 2.26. The second-order valence-corrected chi connectivity index (χ2v) is 5.85. The molecule has 0 saturated heterocycles. The van der Waals surface area contributed by atoms with E-state index in [0.717, 1.165) is 28.8 Å². The number of nitrogens with one attached hydrogen (secondary N) is 1. The van der Waals surface area contributed by atoms with E-state index in [9.17, 15) is 18.0 Å². The van der Waals surface area contributed by atoms with Crippen molar-refractivity contribution in [3.63, 3.8) is 0 Å². The van der Waals surface area contributed by atoms with Crippen LogP contribution >= 0.6 is 0 Å². The van der Waals surface area contributed by atoms with E-state index < -0.39 is 11.7 Å². The molecule has 1 N–H and O–H groups in total. The molecule has 2 aromatic carbocycles. The fraction of sp³-hybridized carbons (Fsp3) is 0.316. The fourth-order valence-corrected chi connectivity index (χ4v) is 2.26. The van der Waals surface area contributed by atoms with Crippen LogP contribution in [-0.2, 0) is 17.4 Å². The zero-order valence-corrected chi connectivity index (χ0v) is 14.1. The number of carbonyl (C=O) groups excluding carboxylic acids is 1. The number of hydrogen-bond donors (Lipinski definition) is 1. The van der Waals surface area contributed by atoms with Gasteiger partial charge in [0.25, 0.3) is 5.91 Å². The maximum Gasteiger partial charge on any atom is 0.416 e. The second kappa shape index (κ2) is 8.05. The molecular weight excluding hydrogens is 331 g/mol. The lowest BCUT2D eigenvalue weighted by Gasteiger charge is -2.11. The standard InChI is InChI=1S/C19H20F3NO2/c1-13-3-4-14(2)17(11-13)25-12-18(24)23-10-9-15-5-7-16(8-6-15)19(20,21)22/h3-8,11H,9-10,12H2,1-2H3,(H,23,24). The van der Waals surface area contributed by atoms with E-state index >= 15 is 0 Å². The Morgan fingerprint density at radius 2 is 1.76 bits per heavy atom. The molecular formula is C19H20F3NO2. The molecule has 0 radical (unpaired) electrons. The molecule has 2 rings (SSSR count). The predicted molar refractivity (Wildman–Crippen MR) is 89.6 cm³/mol. The van der Waals surface area contributed by atoms with Gasteiger partial charge < -0.3 is 10.1 Å². The van der Waals surface area contributed by atoms with Crippen LogP contribution in [0.2, 0.25) is 0 Å². The SMILES string of the molecule is Cc1ccc(C)c(OCC(=O)NCCc2ccc(C(F)(F)F)cc2)c1. The highest BCUT2D eigenvalue weighted by atomic mass is 19.4. The monoisotopic (exact) mass is 351 g/mol. The highest BCUT2D eigenvalue weighted by Gasteiger charge is 2.29. The van der Waals surface area contributed by atoms with Crippen LogP contribution in [0.5, 0.6) is 5.75 Å². The van der Waals surface area contributed by atoms with Crippen LogP contribution in [-0.4, -0.2) is 19.1 Å². The summed E-state index contributed by atoms with van der Waals surface area (Å²) >= 11 is 0. The van der Waals surface area contributed by atoms with Gasteiger partial charge in [-0.05, 0) is 55.2 Å². The van der Waals surface area contributed by atoms with Crippen LogP contribution in [0.15, 0.2) is 42.5 Å². The average molecular weight is 351 g/mol. The van der Waals surface area contributed by atoms with Crippen molar-refractivity contribution in [1.82, 2.24) is 5.32 Å². The van der Waals surface area contributed by atoms with E-state index in [4.69, 9.17) is 4.74 Å². The smallest absolute Gasteiger partial charge is 0.416 e. The number of hydrogen-bond acceptors (Lipinski definition) is 2. The highest BCUT2D eigenvalue weighted by Crippen LogP contribution is 2.29. The zero-order chi connectivity index (χ0) is 18.4. The maximum absolute atomic E-state index is 12.5. The summed E-state index contributed by atoms with van der Waals surface area (Å²) in [6, 6.07) is 10.7. The zero-order valence-electron chi connectivity index (χ0n) is 14.1. The summed E-state index contributed by atoms with van der Waals surface area (Å²) < 4.78 is 43.0. The molecule has 2 aromatic rings. The molecule has 0 saturated carbocycles. The van der Waals surface area contributed by atoms with E-state index in [1.54, 1.807) is 0 Å². The molecule has 3 nitrogen and oxygen atoms in total. The molecule has 0 bridgehead atoms. The number of amides is 1. The molecule has 0 aliphatic carbocycles. The Kier molecular flexibility index (Phi) is 6.07. The minimum Gasteiger partial charge on any atom is -0.483 e. The quantitative estimate of drug-likeness (QED) is 0.852. The molecule has 134 valence electrons. The number of rotatable bonds is 6. The summed E-state index contributed by atoms with van der Waals surface area (Å²) in [6.45, 7) is 4.07. The molecule has 0 unspecified atom stereocenters. The molecule has 0 heterocycles. The Hall–Kier alpha value is -2.50. The third-order valence-electron chi connectivity index (χ3n) is 3.72. The Balaban J connectivity index is 1.76. The van der Waals surface area contributed by atoms with Crippen LogP contribution in [0.3, 0.4) is 0 Å². The Bertz CT molecular complexity index is 724. The van der Waals surface area contributed by atoms with Crippen LogP contribution in [0.25, 0.3) is 0 Å². The molecule has 0 aliphatic rings. The predicted octanol–water partition coefficient (Wildman–Crippen LogP) is 4.06. The Morgan fingerprint density at radius 3 is 2.40 bits per heavy atom. The molecule has 0 aromatic heterocycles. The van der Waals surface area contributed by atoms with E-state index in [1.807, 2.05) is 32.0 Å². The van der Waals surface area contributed by atoms with Gasteiger partial charge in [-0.1, -0.05) is 24.3 Å². The van der Waals surface area contributed by atoms with Gasteiger partial charge in [0, 0.05) is 6.54 Å². The lowest BCUT2D eigenvalue weighted by molar-refractivity contribution is -0.137. The molecule has 6 heteroatoms. The van der Waals surface area contributed by atoms with Crippen molar-refractivity contribution in [3.8, 4) is 5.75 Å². The minimum absolute atomic E-state index is 0.0999. The molecule has 1 amide bonds. The van der Waals surface area contributed by atoms with Gasteiger partial charge in [-0.2, -0.15) is 13.2 Å². The van der Waals surface area contributed by atoms with Crippen molar-refractivity contribution >= 4 is 5.91 Å². The molecule has 0 atom stereocenters. The second-order valence-electron chi connectivity index (χ2n) is 5.85. The van der Waals surface area contributed by atoms with Gasteiger partial charge in [-0.25, -0.2) is 0 Å². The lowest BCUT2D eigenvalue weighted by atomic mass is 10.1. The van der Waals surface area contributed by atoms with E-state index in [0.29, 0.717) is 18.7 Å². The first-order valence-corrected chi connectivity index (χ1v) is 7.88. The first kappa shape index (κ1) is 18.8.